The van der Waals surface area contributed by atoms with E-state index < -0.39 is 0 Å². The first-order valence-electron chi connectivity index (χ1n) is 14.6. The lowest BCUT2D eigenvalue weighted by molar-refractivity contribution is -0.895. The fraction of sp³-hybridized carbons (Fsp3) is 0.576. The first-order valence-corrected chi connectivity index (χ1v) is 14.6. The highest BCUT2D eigenvalue weighted by atomic mass is 16.6. The van der Waals surface area contributed by atoms with Crippen molar-refractivity contribution in [2.24, 2.45) is 11.3 Å². The summed E-state index contributed by atoms with van der Waals surface area (Å²) in [6, 6.07) is 16.2. The Labute approximate surface area is 215 Å². The summed E-state index contributed by atoms with van der Waals surface area (Å²) in [5, 5.41) is 16.4. The van der Waals surface area contributed by atoms with Crippen LogP contribution in [0.5, 0.6) is 0 Å². The molecule has 2 saturated carbocycles. The third kappa shape index (κ3) is 2.80. The van der Waals surface area contributed by atoms with Gasteiger partial charge in [-0.05, 0) is 83.3 Å². The zero-order valence-corrected chi connectivity index (χ0v) is 21.7. The Bertz CT molecular complexity index is 1300. The number of hydrogen-bond donors (Lipinski definition) is 0. The van der Waals surface area contributed by atoms with E-state index in [2.05, 4.69) is 61.5 Å². The van der Waals surface area contributed by atoms with Crippen molar-refractivity contribution < 1.29 is 9.38 Å². The molecule has 6 atom stereocenters. The summed E-state index contributed by atoms with van der Waals surface area (Å²) in [5.74, 6) is 1.13. The van der Waals surface area contributed by atoms with Gasteiger partial charge in [-0.15, -0.1) is 0 Å². The van der Waals surface area contributed by atoms with E-state index >= 15 is 0 Å². The number of allylic oxidation sites excluding steroid dienone is 1. The highest BCUT2D eigenvalue weighted by Crippen LogP contribution is 2.69. The third-order valence-electron chi connectivity index (χ3n) is 11.8. The Morgan fingerprint density at radius 1 is 0.972 bits per heavy atom. The molecule has 0 radical (unpaired) electrons. The van der Waals surface area contributed by atoms with E-state index in [9.17, 15) is 5.21 Å². The molecule has 3 heterocycles. The molecular formula is C33H39NO2. The van der Waals surface area contributed by atoms with E-state index in [1.54, 1.807) is 0 Å². The second-order valence-electron chi connectivity index (χ2n) is 13.3. The molecule has 36 heavy (non-hydrogen) atoms. The topological polar surface area (TPSA) is 32.3 Å². The fourth-order valence-electron chi connectivity index (χ4n) is 9.99. The Morgan fingerprint density at radius 2 is 1.81 bits per heavy atom. The molecule has 0 amide bonds. The van der Waals surface area contributed by atoms with Crippen LogP contribution in [0.1, 0.15) is 82.6 Å². The maximum absolute atomic E-state index is 13.7. The molecular weight excluding hydrogens is 442 g/mol. The van der Waals surface area contributed by atoms with Crippen LogP contribution in [0.15, 0.2) is 65.8 Å². The van der Waals surface area contributed by atoms with Crippen molar-refractivity contribution in [1.82, 2.24) is 0 Å². The van der Waals surface area contributed by atoms with E-state index in [0.717, 1.165) is 64.5 Å². The molecule has 3 heteroatoms. The minimum absolute atomic E-state index is 0.0548. The van der Waals surface area contributed by atoms with Crippen molar-refractivity contribution in [2.75, 3.05) is 13.1 Å². The second kappa shape index (κ2) is 7.34. The van der Waals surface area contributed by atoms with Gasteiger partial charge in [0.05, 0.1) is 30.3 Å². The number of hydrogen-bond acceptors (Lipinski definition) is 2. The predicted octanol–water partition coefficient (Wildman–Crippen LogP) is 7.56. The molecule has 2 spiro atoms. The quantitative estimate of drug-likeness (QED) is 0.327. The normalized spacial score (nSPS) is 42.4. The molecule has 188 valence electrons. The zero-order chi connectivity index (χ0) is 24.2. The maximum atomic E-state index is 13.7. The molecule has 2 aromatic carbocycles. The second-order valence-corrected chi connectivity index (χ2v) is 13.3. The van der Waals surface area contributed by atoms with Crippen molar-refractivity contribution in [1.29, 1.82) is 0 Å². The number of fused-ring (bicyclic) bond motifs is 2. The van der Waals surface area contributed by atoms with Crippen molar-refractivity contribution in [3.8, 4) is 0 Å². The van der Waals surface area contributed by atoms with Crippen LogP contribution in [-0.4, -0.2) is 35.0 Å². The van der Waals surface area contributed by atoms with E-state index in [4.69, 9.17) is 4.74 Å². The van der Waals surface area contributed by atoms with Crippen LogP contribution in [0.2, 0.25) is 0 Å². The Balaban J connectivity index is 1.15. The van der Waals surface area contributed by atoms with Crippen molar-refractivity contribution in [3.05, 3.63) is 76.5 Å². The molecule has 4 fully saturated rings. The van der Waals surface area contributed by atoms with E-state index in [1.165, 1.54) is 40.3 Å². The van der Waals surface area contributed by atoms with Crippen LogP contribution in [0.3, 0.4) is 0 Å². The first kappa shape index (κ1) is 22.1. The molecule has 3 nitrogen and oxygen atoms in total. The van der Waals surface area contributed by atoms with E-state index in [-0.39, 0.29) is 27.3 Å². The maximum Gasteiger partial charge on any atom is 0.0975 e. The fourth-order valence-corrected chi connectivity index (χ4v) is 9.99. The molecule has 3 aliphatic carbocycles. The van der Waals surface area contributed by atoms with Crippen LogP contribution in [-0.2, 0) is 4.74 Å². The van der Waals surface area contributed by atoms with Crippen LogP contribution in [0.4, 0.5) is 0 Å². The summed E-state index contributed by atoms with van der Waals surface area (Å²) in [6.07, 6.45) is 16.3. The van der Waals surface area contributed by atoms with E-state index in [1.807, 2.05) is 0 Å². The number of ether oxygens (including phenoxy) is 1. The molecule has 2 saturated heterocycles. The van der Waals surface area contributed by atoms with Gasteiger partial charge in [-0.25, -0.2) is 0 Å². The molecule has 6 aliphatic rings. The molecule has 3 aliphatic heterocycles. The van der Waals surface area contributed by atoms with Crippen LogP contribution in [0, 0.1) is 16.5 Å². The van der Waals surface area contributed by atoms with Gasteiger partial charge in [0.15, 0.2) is 0 Å². The Morgan fingerprint density at radius 3 is 2.67 bits per heavy atom. The van der Waals surface area contributed by atoms with Gasteiger partial charge in [0.2, 0.25) is 0 Å². The smallest absolute Gasteiger partial charge is 0.0975 e. The largest absolute Gasteiger partial charge is 0.633 e. The standard InChI is InChI=1S/C33H39NO2/c1-31-15-14-27-21-26-10-11-28(34(35)18-4-5-19-34)22-32(26)16-17-33(27,36-32)30(31)13-12-29(31)25-9-8-23-6-2-3-7-24(23)20-25/h2-3,6-9,14,20-21,28-30H,4-5,10-13,15-19,22H2,1H3/t28-,29+,30+,31+,32+,33?/m0/s1. The number of likely N-dealkylation sites (tertiary alicyclic amines) is 1. The molecule has 2 aromatic rings. The summed E-state index contributed by atoms with van der Waals surface area (Å²) in [7, 11) is 0. The van der Waals surface area contributed by atoms with Gasteiger partial charge >= 0.3 is 0 Å². The summed E-state index contributed by atoms with van der Waals surface area (Å²) >= 11 is 0. The van der Waals surface area contributed by atoms with Gasteiger partial charge in [0.25, 0.3) is 0 Å². The molecule has 0 N–H and O–H groups in total. The number of quaternary nitrogens is 1. The van der Waals surface area contributed by atoms with Crippen molar-refractivity contribution in [2.45, 2.75) is 94.3 Å². The zero-order valence-electron chi connectivity index (χ0n) is 21.7. The average Bonchev–Trinajstić information content (AvgIpc) is 3.58. The molecule has 0 aromatic heterocycles. The van der Waals surface area contributed by atoms with Crippen LogP contribution < -0.4 is 0 Å². The number of benzene rings is 2. The number of rotatable bonds is 2. The minimum atomic E-state index is -0.169. The van der Waals surface area contributed by atoms with Gasteiger partial charge in [-0.3, -0.25) is 0 Å². The monoisotopic (exact) mass is 481 g/mol. The first-order chi connectivity index (χ1) is 17.4. The van der Waals surface area contributed by atoms with Crippen molar-refractivity contribution >= 4 is 10.8 Å². The average molecular weight is 482 g/mol. The lowest BCUT2D eigenvalue weighted by Crippen LogP contribution is -2.58. The summed E-state index contributed by atoms with van der Waals surface area (Å²) in [6.45, 7) is 4.21. The third-order valence-corrected chi connectivity index (χ3v) is 11.8. The van der Waals surface area contributed by atoms with Crippen LogP contribution >= 0.6 is 0 Å². The molecule has 2 bridgehead atoms. The predicted molar refractivity (Wildman–Crippen MR) is 144 cm³/mol. The van der Waals surface area contributed by atoms with Gasteiger partial charge in [-0.2, -0.15) is 0 Å². The lowest BCUT2D eigenvalue weighted by Gasteiger charge is -2.56. The van der Waals surface area contributed by atoms with Gasteiger partial charge in [0.1, 0.15) is 0 Å². The van der Waals surface area contributed by atoms with Crippen LogP contribution in [0.25, 0.3) is 10.8 Å². The Kier molecular flexibility index (Phi) is 4.50. The van der Waals surface area contributed by atoms with Gasteiger partial charge in [0, 0.05) is 25.7 Å². The van der Waals surface area contributed by atoms with Crippen molar-refractivity contribution in [3.63, 3.8) is 0 Å². The van der Waals surface area contributed by atoms with Gasteiger partial charge < -0.3 is 14.6 Å². The summed E-state index contributed by atoms with van der Waals surface area (Å²) in [5.41, 5.74) is 4.42. The minimum Gasteiger partial charge on any atom is -0.633 e. The highest BCUT2D eigenvalue weighted by molar-refractivity contribution is 5.83. The van der Waals surface area contributed by atoms with Gasteiger partial charge in [-0.1, -0.05) is 61.5 Å². The lowest BCUT2D eigenvalue weighted by atomic mass is 9.58. The highest BCUT2D eigenvalue weighted by Gasteiger charge is 2.67. The number of hydroxylamine groups is 3. The van der Waals surface area contributed by atoms with E-state index in [0.29, 0.717) is 11.8 Å². The summed E-state index contributed by atoms with van der Waals surface area (Å²) < 4.78 is 7.52. The summed E-state index contributed by atoms with van der Waals surface area (Å²) in [4.78, 5) is 0. The number of nitrogens with zero attached hydrogens (tertiary/aromatic N) is 1. The SMILES string of the molecule is C[C@]12CC=C3C=C4CC[C@H]([N+]5([O-])CCCC5)C[C@]45CCC3(O5)[C@@H]1CC[C@@H]2c1ccc2ccccc2c1. The molecule has 8 rings (SSSR count). The molecule has 1 unspecified atom stereocenters. The Hall–Kier alpha value is -1.94.